The van der Waals surface area contributed by atoms with Crippen molar-refractivity contribution in [3.63, 3.8) is 0 Å². The molecule has 0 radical (unpaired) electrons. The van der Waals surface area contributed by atoms with E-state index >= 15 is 0 Å². The van der Waals surface area contributed by atoms with Gasteiger partial charge in [-0.25, -0.2) is 14.2 Å². The summed E-state index contributed by atoms with van der Waals surface area (Å²) in [6.45, 7) is 12.5. The molecule has 410 valence electrons. The summed E-state index contributed by atoms with van der Waals surface area (Å²) in [6, 6.07) is 29.9. The van der Waals surface area contributed by atoms with Gasteiger partial charge in [0.2, 0.25) is 0 Å². The maximum Gasteiger partial charge on any atom is 0.337 e. The monoisotopic (exact) mass is 1140 g/mol. The van der Waals surface area contributed by atoms with Crippen LogP contribution >= 0.6 is 46.4 Å². The summed E-state index contributed by atoms with van der Waals surface area (Å²) in [5.41, 5.74) is 15.0. The Morgan fingerprint density at radius 2 is 1.15 bits per heavy atom. The van der Waals surface area contributed by atoms with Crippen LogP contribution in [-0.2, 0) is 53.3 Å². The molecule has 6 aromatic carbocycles. The molecule has 19 heteroatoms. The first-order valence-corrected chi connectivity index (χ1v) is 26.3. The number of methoxy groups -OCH3 is 1. The van der Waals surface area contributed by atoms with E-state index in [0.29, 0.717) is 53.1 Å². The fourth-order valence-electron chi connectivity index (χ4n) is 10.0. The van der Waals surface area contributed by atoms with Crippen LogP contribution in [-0.4, -0.2) is 89.1 Å². The molecule has 15 nitrogen and oxygen atoms in total. The SMILES string of the molecule is C.C.CCn1nnc2c(C)c(C(CC(=O)O)c3ccc4c(c3)CN(C(=O)c3ccc(Cl)cc3Cl)CC4)ccc21.CCn1nnc2c(C)c(C(CC(=O)OC)c3ccc4c(c3)CNCC4)ccc21.O=C(O)c1ccc(Cl)cc1Cl. The minimum Gasteiger partial charge on any atom is -0.481 e. The molecule has 3 N–H and O–H groups in total. The Morgan fingerprint density at radius 3 is 1.65 bits per heavy atom. The number of carbonyl (C=O) groups is 4. The van der Waals surface area contributed by atoms with Crippen LogP contribution in [0.2, 0.25) is 20.1 Å². The van der Waals surface area contributed by atoms with E-state index in [2.05, 4.69) is 76.2 Å². The molecule has 0 bridgehead atoms. The third-order valence-corrected chi connectivity index (χ3v) is 15.2. The van der Waals surface area contributed by atoms with Crippen LogP contribution in [0.15, 0.2) is 97.1 Å². The van der Waals surface area contributed by atoms with E-state index in [1.807, 2.05) is 47.5 Å². The highest BCUT2D eigenvalue weighted by Gasteiger charge is 2.28. The van der Waals surface area contributed by atoms with Crippen molar-refractivity contribution in [3.05, 3.63) is 184 Å². The van der Waals surface area contributed by atoms with Crippen LogP contribution in [0.5, 0.6) is 0 Å². The van der Waals surface area contributed by atoms with E-state index in [0.717, 1.165) is 92.6 Å². The summed E-state index contributed by atoms with van der Waals surface area (Å²) in [7, 11) is 1.44. The normalized spacial score (nSPS) is 13.3. The van der Waals surface area contributed by atoms with Gasteiger partial charge < -0.3 is 25.2 Å². The summed E-state index contributed by atoms with van der Waals surface area (Å²) in [5.74, 6) is -2.73. The van der Waals surface area contributed by atoms with E-state index in [1.54, 1.807) is 23.1 Å². The quantitative estimate of drug-likeness (QED) is 0.0981. The highest BCUT2D eigenvalue weighted by molar-refractivity contribution is 6.37. The minimum absolute atomic E-state index is 0. The molecule has 2 aliphatic heterocycles. The Morgan fingerprint density at radius 1 is 0.641 bits per heavy atom. The van der Waals surface area contributed by atoms with E-state index in [9.17, 15) is 24.3 Å². The smallest absolute Gasteiger partial charge is 0.337 e. The topological polar surface area (TPSA) is 195 Å². The fourth-order valence-corrected chi connectivity index (χ4v) is 11.0. The van der Waals surface area contributed by atoms with Gasteiger partial charge in [0.05, 0.1) is 52.2 Å². The number of nitrogens with one attached hydrogen (secondary N) is 1. The van der Waals surface area contributed by atoms with Gasteiger partial charge in [-0.3, -0.25) is 14.4 Å². The Bertz CT molecular complexity index is 3510. The summed E-state index contributed by atoms with van der Waals surface area (Å²) in [5, 5.41) is 40.3. The average Bonchev–Trinajstić information content (AvgIpc) is 4.15. The van der Waals surface area contributed by atoms with Gasteiger partial charge in [-0.2, -0.15) is 0 Å². The molecule has 2 unspecified atom stereocenters. The van der Waals surface area contributed by atoms with Gasteiger partial charge in [0.1, 0.15) is 11.0 Å². The first-order chi connectivity index (χ1) is 36.5. The number of aromatic carboxylic acids is 1. The third-order valence-electron chi connectivity index (χ3n) is 14.1. The zero-order valence-electron chi connectivity index (χ0n) is 42.5. The number of hydrogen-bond donors (Lipinski definition) is 3. The lowest BCUT2D eigenvalue weighted by atomic mass is 9.83. The van der Waals surface area contributed by atoms with E-state index in [-0.39, 0.29) is 55.6 Å². The van der Waals surface area contributed by atoms with Crippen molar-refractivity contribution in [1.82, 2.24) is 40.2 Å². The number of aryl methyl sites for hydroxylation is 4. The molecular weight excluding hydrogens is 1070 g/mol. The number of amides is 1. The maximum absolute atomic E-state index is 13.2. The zero-order valence-corrected chi connectivity index (χ0v) is 45.6. The maximum atomic E-state index is 13.2. The second kappa shape index (κ2) is 26.6. The molecule has 4 heterocycles. The number of carbonyl (C=O) groups excluding carboxylic acids is 2. The molecule has 0 aliphatic carbocycles. The first kappa shape index (κ1) is 60.4. The van der Waals surface area contributed by atoms with Crippen LogP contribution in [0.4, 0.5) is 0 Å². The summed E-state index contributed by atoms with van der Waals surface area (Å²) in [6.07, 6.45) is 2.00. The van der Waals surface area contributed by atoms with Crippen molar-refractivity contribution in [2.24, 2.45) is 0 Å². The van der Waals surface area contributed by atoms with Gasteiger partial charge in [-0.1, -0.05) is 120 Å². The Hall–Kier alpha value is -6.88. The largest absolute Gasteiger partial charge is 0.481 e. The third kappa shape index (κ3) is 13.3. The van der Waals surface area contributed by atoms with Gasteiger partial charge in [0.15, 0.2) is 0 Å². The van der Waals surface area contributed by atoms with E-state index < -0.39 is 11.9 Å². The summed E-state index contributed by atoms with van der Waals surface area (Å²) >= 11 is 23.4. The molecule has 0 saturated heterocycles. The Kier molecular flexibility index (Phi) is 20.6. The number of esters is 1. The predicted octanol–water partition coefficient (Wildman–Crippen LogP) is 12.9. The molecule has 0 spiro atoms. The number of halogens is 4. The number of carboxylic acid groups (broad SMARTS) is 2. The number of hydrogen-bond acceptors (Lipinski definition) is 10. The van der Waals surface area contributed by atoms with Crippen molar-refractivity contribution in [2.75, 3.05) is 20.2 Å². The van der Waals surface area contributed by atoms with Gasteiger partial charge >= 0.3 is 17.9 Å². The highest BCUT2D eigenvalue weighted by Crippen LogP contribution is 2.37. The predicted molar refractivity (Wildman–Crippen MR) is 309 cm³/mol. The molecule has 2 aromatic heterocycles. The number of ether oxygens (including phenoxy) is 1. The molecule has 1 amide bonds. The number of nitrogens with zero attached hydrogens (tertiary/aromatic N) is 7. The first-order valence-electron chi connectivity index (χ1n) is 24.8. The van der Waals surface area contributed by atoms with Crippen LogP contribution in [0.25, 0.3) is 22.1 Å². The van der Waals surface area contributed by atoms with Gasteiger partial charge in [-0.05, 0) is 151 Å². The lowest BCUT2D eigenvalue weighted by Gasteiger charge is -2.30. The number of carboxylic acids is 2. The highest BCUT2D eigenvalue weighted by atomic mass is 35.5. The van der Waals surface area contributed by atoms with Crippen LogP contribution < -0.4 is 5.32 Å². The second-order valence-electron chi connectivity index (χ2n) is 18.6. The molecule has 0 fully saturated rings. The number of fused-ring (bicyclic) bond motifs is 4. The Balaban J connectivity index is 0.000000212. The Labute approximate surface area is 474 Å². The standard InChI is InChI=1S/C28H26Cl2N4O3.C22H26N4O2.C7H4Cl2O2.2CH4/c1-3-34-25-9-8-21(16(2)27(25)31-32-34)23(14-26(35)36)18-5-4-17-10-11-33(15-19(17)12-18)28(37)22-7-6-20(29)13-24(22)30;1-4-26-20-8-7-18(14(2)22(20)24-25-26)19(12-21(27)28-3)16-6-5-15-9-10-23-13-17(15)11-16;8-4-1-2-5(7(10)11)6(9)3-4;;/h4-9,12-13,23H,3,10-11,14-15H2,1-2H3,(H,35,36);5-8,11,19,23H,4,9-10,12-13H2,1-3H3;1-3H,(H,10,11);2*1H4. The second-order valence-corrected chi connectivity index (χ2v) is 20.3. The van der Waals surface area contributed by atoms with Crippen molar-refractivity contribution < 1.29 is 34.1 Å². The number of rotatable bonds is 12. The van der Waals surface area contributed by atoms with Crippen molar-refractivity contribution in [3.8, 4) is 0 Å². The average molecular weight is 1140 g/mol. The van der Waals surface area contributed by atoms with Crippen LogP contribution in [0.3, 0.4) is 0 Å². The fraction of sp³-hybridized carbons (Fsp3) is 0.322. The van der Waals surface area contributed by atoms with Crippen molar-refractivity contribution >= 4 is 92.3 Å². The molecule has 10 rings (SSSR count). The lowest BCUT2D eigenvalue weighted by Crippen LogP contribution is -2.36. The van der Waals surface area contributed by atoms with E-state index in [4.69, 9.17) is 56.2 Å². The summed E-state index contributed by atoms with van der Waals surface area (Å²) in [4.78, 5) is 49.5. The molecule has 2 aliphatic rings. The van der Waals surface area contributed by atoms with Gasteiger partial charge in [0, 0.05) is 54.6 Å². The zero-order chi connectivity index (χ0) is 54.4. The summed E-state index contributed by atoms with van der Waals surface area (Å²) < 4.78 is 8.73. The van der Waals surface area contributed by atoms with E-state index in [1.165, 1.54) is 36.4 Å². The number of aliphatic carboxylic acids is 1. The van der Waals surface area contributed by atoms with Crippen molar-refractivity contribution in [1.29, 1.82) is 0 Å². The molecular formula is C59H64Cl4N8O7. The van der Waals surface area contributed by atoms with Crippen LogP contribution in [0.1, 0.15) is 130 Å². The molecule has 2 atom stereocenters. The minimum atomic E-state index is -1.05. The van der Waals surface area contributed by atoms with Crippen molar-refractivity contribution in [2.45, 2.75) is 106 Å². The molecule has 78 heavy (non-hydrogen) atoms. The van der Waals surface area contributed by atoms with Gasteiger partial charge in [-0.15, -0.1) is 10.2 Å². The number of aromatic nitrogens is 6. The number of benzene rings is 6. The molecule has 8 aromatic rings. The van der Waals surface area contributed by atoms with Crippen LogP contribution in [0, 0.1) is 13.8 Å². The molecule has 0 saturated carbocycles. The lowest BCUT2D eigenvalue weighted by molar-refractivity contribution is -0.141. The van der Waals surface area contributed by atoms with Gasteiger partial charge in [0.25, 0.3) is 5.91 Å².